The van der Waals surface area contributed by atoms with Gasteiger partial charge in [-0.15, -0.1) is 11.8 Å². The van der Waals surface area contributed by atoms with E-state index in [1.807, 2.05) is 42.6 Å². The van der Waals surface area contributed by atoms with Gasteiger partial charge in [0.25, 0.3) is 0 Å². The fourth-order valence-electron chi connectivity index (χ4n) is 4.79. The van der Waals surface area contributed by atoms with Crippen LogP contribution >= 0.6 is 11.8 Å². The number of H-pyrrole nitrogens is 1. The molecule has 0 fully saturated rings. The highest BCUT2D eigenvalue weighted by Crippen LogP contribution is 2.35. The standard InChI is InChI=1S/C31H26N4O2S/c36-19-33-28-17-24(9-11-30(28)38-13-12-20-4-2-1-3-5-20)34-29-18-32-26-10-8-21(14-25(26)29)22-6-7-23-16-31(37)35-27(23)15-22/h1-11,14-15,17-19,32,34H,12-13,16H2,(H,33,36)(H,35,37). The van der Waals surface area contributed by atoms with Gasteiger partial charge < -0.3 is 20.9 Å². The van der Waals surface area contributed by atoms with Gasteiger partial charge in [0.15, 0.2) is 0 Å². The van der Waals surface area contributed by atoms with Crippen LogP contribution in [0.2, 0.25) is 0 Å². The van der Waals surface area contributed by atoms with Crippen LogP contribution in [0.5, 0.6) is 0 Å². The zero-order valence-corrected chi connectivity index (χ0v) is 21.4. The predicted octanol–water partition coefficient (Wildman–Crippen LogP) is 6.98. The van der Waals surface area contributed by atoms with Gasteiger partial charge in [0.2, 0.25) is 12.3 Å². The number of rotatable bonds is 9. The highest BCUT2D eigenvalue weighted by Gasteiger charge is 2.18. The normalized spacial score (nSPS) is 12.3. The largest absolute Gasteiger partial charge is 0.359 e. The molecule has 6 rings (SSSR count). The first-order valence-electron chi connectivity index (χ1n) is 12.5. The van der Waals surface area contributed by atoms with Gasteiger partial charge in [-0.1, -0.05) is 48.5 Å². The van der Waals surface area contributed by atoms with Crippen LogP contribution < -0.4 is 16.0 Å². The van der Waals surface area contributed by atoms with Crippen LogP contribution in [0, 0.1) is 0 Å². The molecule has 2 amide bonds. The van der Waals surface area contributed by atoms with Crippen molar-refractivity contribution in [1.82, 2.24) is 4.98 Å². The summed E-state index contributed by atoms with van der Waals surface area (Å²) >= 11 is 1.73. The number of hydrogen-bond donors (Lipinski definition) is 4. The van der Waals surface area contributed by atoms with E-state index in [-0.39, 0.29) is 5.91 Å². The molecule has 38 heavy (non-hydrogen) atoms. The number of thioether (sulfide) groups is 1. The molecule has 6 nitrogen and oxygen atoms in total. The molecular formula is C31H26N4O2S. The highest BCUT2D eigenvalue weighted by molar-refractivity contribution is 7.99. The molecular weight excluding hydrogens is 492 g/mol. The Hall–Kier alpha value is -4.49. The summed E-state index contributed by atoms with van der Waals surface area (Å²) in [5.41, 5.74) is 8.96. The molecule has 0 atom stereocenters. The molecule has 1 aliphatic rings. The molecule has 0 unspecified atom stereocenters. The number of hydrogen-bond acceptors (Lipinski definition) is 4. The minimum atomic E-state index is 0.0359. The molecule has 0 radical (unpaired) electrons. The third-order valence-corrected chi connectivity index (χ3v) is 7.79. The minimum Gasteiger partial charge on any atom is -0.359 e. The number of benzene rings is 4. The lowest BCUT2D eigenvalue weighted by Gasteiger charge is -2.12. The lowest BCUT2D eigenvalue weighted by atomic mass is 10.0. The number of aromatic nitrogens is 1. The summed E-state index contributed by atoms with van der Waals surface area (Å²) in [5, 5.41) is 10.4. The van der Waals surface area contributed by atoms with Crippen molar-refractivity contribution in [3.05, 3.63) is 102 Å². The van der Waals surface area contributed by atoms with Crippen molar-refractivity contribution in [2.75, 3.05) is 21.7 Å². The fourth-order valence-corrected chi connectivity index (χ4v) is 5.78. The van der Waals surface area contributed by atoms with Crippen LogP contribution in [-0.2, 0) is 22.4 Å². The molecule has 0 spiro atoms. The van der Waals surface area contributed by atoms with Crippen LogP contribution in [0.25, 0.3) is 22.0 Å². The van der Waals surface area contributed by atoms with Crippen molar-refractivity contribution in [2.24, 2.45) is 0 Å². The first-order valence-corrected chi connectivity index (χ1v) is 13.5. The molecule has 1 aromatic heterocycles. The molecule has 2 heterocycles. The maximum Gasteiger partial charge on any atom is 0.228 e. The average molecular weight is 519 g/mol. The zero-order valence-electron chi connectivity index (χ0n) is 20.6. The number of carbonyl (C=O) groups is 2. The van der Waals surface area contributed by atoms with Gasteiger partial charge in [-0.25, -0.2) is 0 Å². The molecule has 0 bridgehead atoms. The number of amides is 2. The summed E-state index contributed by atoms with van der Waals surface area (Å²) in [6.07, 6.45) is 4.07. The van der Waals surface area contributed by atoms with Crippen molar-refractivity contribution in [2.45, 2.75) is 17.7 Å². The maximum absolute atomic E-state index is 11.8. The topological polar surface area (TPSA) is 86.0 Å². The first-order chi connectivity index (χ1) is 18.7. The molecule has 4 N–H and O–H groups in total. The van der Waals surface area contributed by atoms with Gasteiger partial charge >= 0.3 is 0 Å². The summed E-state index contributed by atoms with van der Waals surface area (Å²) in [4.78, 5) is 27.4. The third-order valence-electron chi connectivity index (χ3n) is 6.71. The molecule has 1 aliphatic heterocycles. The summed E-state index contributed by atoms with van der Waals surface area (Å²) in [6, 6.07) is 28.8. The van der Waals surface area contributed by atoms with Gasteiger partial charge in [-0.2, -0.15) is 0 Å². The molecule has 0 aliphatic carbocycles. The van der Waals surface area contributed by atoms with Crippen LogP contribution in [0.1, 0.15) is 11.1 Å². The lowest BCUT2D eigenvalue weighted by Crippen LogP contribution is -2.03. The second kappa shape index (κ2) is 10.5. The SMILES string of the molecule is O=CNc1cc(Nc2c[nH]c3ccc(-c4ccc5c(c4)NC(=O)C5)cc23)ccc1SCCc1ccccc1. The van der Waals surface area contributed by atoms with Gasteiger partial charge in [0, 0.05) is 39.1 Å². The van der Waals surface area contributed by atoms with E-state index in [1.165, 1.54) is 5.56 Å². The smallest absolute Gasteiger partial charge is 0.228 e. The van der Waals surface area contributed by atoms with Gasteiger partial charge in [0.05, 0.1) is 17.8 Å². The molecule has 188 valence electrons. The Bertz CT molecular complexity index is 1650. The Morgan fingerprint density at radius 2 is 1.74 bits per heavy atom. The van der Waals surface area contributed by atoms with Crippen LogP contribution in [0.4, 0.5) is 22.7 Å². The Morgan fingerprint density at radius 3 is 2.61 bits per heavy atom. The Balaban J connectivity index is 1.22. The summed E-state index contributed by atoms with van der Waals surface area (Å²) in [7, 11) is 0. The minimum absolute atomic E-state index is 0.0359. The second-order valence-corrected chi connectivity index (χ2v) is 10.4. The van der Waals surface area contributed by atoms with Crippen molar-refractivity contribution >= 4 is 57.7 Å². The zero-order chi connectivity index (χ0) is 25.9. The Morgan fingerprint density at radius 1 is 0.895 bits per heavy atom. The Labute approximate surface area is 224 Å². The van der Waals surface area contributed by atoms with Gasteiger partial charge in [-0.05, 0) is 65.1 Å². The summed E-state index contributed by atoms with van der Waals surface area (Å²) in [6.45, 7) is 0. The molecule has 0 saturated carbocycles. The van der Waals surface area contributed by atoms with E-state index in [1.54, 1.807) is 11.8 Å². The highest BCUT2D eigenvalue weighted by atomic mass is 32.2. The maximum atomic E-state index is 11.8. The van der Waals surface area contributed by atoms with Crippen LogP contribution in [0.15, 0.2) is 96.0 Å². The summed E-state index contributed by atoms with van der Waals surface area (Å²) in [5.74, 6) is 0.954. The second-order valence-electron chi connectivity index (χ2n) is 9.24. The lowest BCUT2D eigenvalue weighted by molar-refractivity contribution is -0.115. The van der Waals surface area contributed by atoms with Crippen LogP contribution in [0.3, 0.4) is 0 Å². The quantitative estimate of drug-likeness (QED) is 0.125. The first kappa shape index (κ1) is 23.9. The molecule has 0 saturated heterocycles. The molecule has 4 aromatic carbocycles. The van der Waals surface area contributed by atoms with Crippen LogP contribution in [-0.4, -0.2) is 23.1 Å². The predicted molar refractivity (Wildman–Crippen MR) is 156 cm³/mol. The monoisotopic (exact) mass is 518 g/mol. The van der Waals surface area contributed by atoms with Crippen molar-refractivity contribution in [3.63, 3.8) is 0 Å². The van der Waals surface area contributed by atoms with Gasteiger partial charge in [0.1, 0.15) is 0 Å². The molecule has 7 heteroatoms. The Kier molecular flexibility index (Phi) is 6.58. The van der Waals surface area contributed by atoms with E-state index < -0.39 is 0 Å². The number of aryl methyl sites for hydroxylation is 1. The van der Waals surface area contributed by atoms with E-state index in [0.29, 0.717) is 6.42 Å². The van der Waals surface area contributed by atoms with E-state index in [0.717, 1.165) is 73.8 Å². The van der Waals surface area contributed by atoms with E-state index in [2.05, 4.69) is 69.5 Å². The van der Waals surface area contributed by atoms with E-state index in [9.17, 15) is 9.59 Å². The van der Waals surface area contributed by atoms with E-state index >= 15 is 0 Å². The molecule has 5 aromatic rings. The van der Waals surface area contributed by atoms with E-state index in [4.69, 9.17) is 0 Å². The third kappa shape index (κ3) is 5.01. The number of aromatic amines is 1. The fraction of sp³-hybridized carbons (Fsp3) is 0.0968. The number of fused-ring (bicyclic) bond motifs is 2. The number of anilines is 4. The van der Waals surface area contributed by atoms with Crippen molar-refractivity contribution in [3.8, 4) is 11.1 Å². The van der Waals surface area contributed by atoms with Gasteiger partial charge in [-0.3, -0.25) is 9.59 Å². The summed E-state index contributed by atoms with van der Waals surface area (Å²) < 4.78 is 0. The van der Waals surface area contributed by atoms with Crippen molar-refractivity contribution < 1.29 is 9.59 Å². The average Bonchev–Trinajstić information content (AvgIpc) is 3.52. The van der Waals surface area contributed by atoms with Crippen molar-refractivity contribution in [1.29, 1.82) is 0 Å². The number of carbonyl (C=O) groups excluding carboxylic acids is 2. The number of nitrogens with one attached hydrogen (secondary N) is 4.